The number of rotatable bonds is 9. The molecule has 0 bridgehead atoms. The molecule has 0 aromatic carbocycles. The van der Waals surface area contributed by atoms with E-state index in [2.05, 4.69) is 29.4 Å². The maximum absolute atomic E-state index is 5.82. The molecule has 0 saturated carbocycles. The Morgan fingerprint density at radius 1 is 1.08 bits per heavy atom. The third-order valence-electron chi connectivity index (χ3n) is 5.11. The molecule has 0 amide bonds. The van der Waals surface area contributed by atoms with Gasteiger partial charge < -0.3 is 20.3 Å². The van der Waals surface area contributed by atoms with Crippen LogP contribution in [0.25, 0.3) is 0 Å². The first-order chi connectivity index (χ1) is 11.7. The van der Waals surface area contributed by atoms with Crippen molar-refractivity contribution in [2.24, 2.45) is 4.99 Å². The highest BCUT2D eigenvalue weighted by molar-refractivity contribution is 5.79. The smallest absolute Gasteiger partial charge is 0.191 e. The van der Waals surface area contributed by atoms with Crippen molar-refractivity contribution in [2.75, 3.05) is 45.9 Å². The van der Waals surface area contributed by atoms with Gasteiger partial charge in [0.2, 0.25) is 0 Å². The number of guanidine groups is 1. The zero-order valence-corrected chi connectivity index (χ0v) is 15.9. The largest absolute Gasteiger partial charge is 0.373 e. The van der Waals surface area contributed by atoms with Crippen LogP contribution in [0.15, 0.2) is 4.99 Å². The zero-order chi connectivity index (χ0) is 17.1. The molecule has 0 aromatic heterocycles. The van der Waals surface area contributed by atoms with Crippen LogP contribution in [0, 0.1) is 0 Å². The maximum atomic E-state index is 5.82. The van der Waals surface area contributed by atoms with E-state index >= 15 is 0 Å². The zero-order valence-electron chi connectivity index (χ0n) is 15.9. The summed E-state index contributed by atoms with van der Waals surface area (Å²) in [6, 6.07) is 0. The van der Waals surface area contributed by atoms with Crippen LogP contribution < -0.4 is 10.6 Å². The van der Waals surface area contributed by atoms with Crippen molar-refractivity contribution in [3.63, 3.8) is 0 Å². The summed E-state index contributed by atoms with van der Waals surface area (Å²) in [5.41, 5.74) is -0.0587. The Hall–Kier alpha value is -0.810. The summed E-state index contributed by atoms with van der Waals surface area (Å²) in [4.78, 5) is 7.35. The fourth-order valence-corrected chi connectivity index (χ4v) is 3.58. The molecule has 2 fully saturated rings. The molecule has 1 atom stereocenters. The van der Waals surface area contributed by atoms with E-state index in [1.54, 1.807) is 0 Å². The Labute approximate surface area is 148 Å². The molecule has 24 heavy (non-hydrogen) atoms. The van der Waals surface area contributed by atoms with Gasteiger partial charge in [0.1, 0.15) is 0 Å². The molecular weight excluding hydrogens is 300 g/mol. The SMILES string of the molecule is CCNC(=NCC1(C)CCCO1)NCCCCCN1CCCCC1. The molecule has 2 aliphatic heterocycles. The van der Waals surface area contributed by atoms with Crippen LogP contribution >= 0.6 is 0 Å². The lowest BCUT2D eigenvalue weighted by Gasteiger charge is -2.26. The molecule has 2 saturated heterocycles. The number of aliphatic imine (C=N–C) groups is 1. The predicted molar refractivity (Wildman–Crippen MR) is 102 cm³/mol. The van der Waals surface area contributed by atoms with Crippen LogP contribution in [0.3, 0.4) is 0 Å². The van der Waals surface area contributed by atoms with E-state index in [9.17, 15) is 0 Å². The topological polar surface area (TPSA) is 48.9 Å². The highest BCUT2D eigenvalue weighted by atomic mass is 16.5. The van der Waals surface area contributed by atoms with Crippen molar-refractivity contribution in [1.82, 2.24) is 15.5 Å². The molecule has 0 aromatic rings. The van der Waals surface area contributed by atoms with Crippen LogP contribution in [0.4, 0.5) is 0 Å². The number of ether oxygens (including phenoxy) is 1. The fourth-order valence-electron chi connectivity index (χ4n) is 3.58. The third kappa shape index (κ3) is 7.39. The first-order valence-corrected chi connectivity index (χ1v) is 10.1. The van der Waals surface area contributed by atoms with Crippen molar-refractivity contribution >= 4 is 5.96 Å². The van der Waals surface area contributed by atoms with Gasteiger partial charge in [-0.1, -0.05) is 12.8 Å². The second-order valence-corrected chi connectivity index (χ2v) is 7.49. The number of hydrogen-bond acceptors (Lipinski definition) is 3. The van der Waals surface area contributed by atoms with Crippen molar-refractivity contribution in [3.8, 4) is 0 Å². The van der Waals surface area contributed by atoms with E-state index in [1.807, 2.05) is 0 Å². The molecule has 2 N–H and O–H groups in total. The summed E-state index contributed by atoms with van der Waals surface area (Å²) in [5.74, 6) is 0.935. The number of piperidine rings is 1. The molecule has 1 unspecified atom stereocenters. The first-order valence-electron chi connectivity index (χ1n) is 10.1. The summed E-state index contributed by atoms with van der Waals surface area (Å²) in [6.45, 7) is 11.7. The monoisotopic (exact) mass is 338 g/mol. The van der Waals surface area contributed by atoms with Gasteiger partial charge in [-0.05, 0) is 72.0 Å². The van der Waals surface area contributed by atoms with Gasteiger partial charge in [-0.25, -0.2) is 0 Å². The lowest BCUT2D eigenvalue weighted by molar-refractivity contribution is 0.0283. The molecule has 0 spiro atoms. The van der Waals surface area contributed by atoms with Gasteiger partial charge in [0.25, 0.3) is 0 Å². The molecule has 2 rings (SSSR count). The molecule has 2 heterocycles. The van der Waals surface area contributed by atoms with E-state index < -0.39 is 0 Å². The van der Waals surface area contributed by atoms with Crippen LogP contribution in [-0.4, -0.2) is 62.3 Å². The van der Waals surface area contributed by atoms with Crippen molar-refractivity contribution < 1.29 is 4.74 Å². The lowest BCUT2D eigenvalue weighted by Crippen LogP contribution is -2.39. The molecule has 0 radical (unpaired) electrons. The van der Waals surface area contributed by atoms with Gasteiger partial charge in [-0.3, -0.25) is 4.99 Å². The van der Waals surface area contributed by atoms with Gasteiger partial charge in [-0.2, -0.15) is 0 Å². The number of nitrogens with zero attached hydrogens (tertiary/aromatic N) is 2. The summed E-state index contributed by atoms with van der Waals surface area (Å²) < 4.78 is 5.82. The van der Waals surface area contributed by atoms with Gasteiger partial charge in [-0.15, -0.1) is 0 Å². The van der Waals surface area contributed by atoms with Crippen LogP contribution in [0.5, 0.6) is 0 Å². The van der Waals surface area contributed by atoms with E-state index in [0.29, 0.717) is 0 Å². The van der Waals surface area contributed by atoms with E-state index in [1.165, 1.54) is 58.2 Å². The highest BCUT2D eigenvalue weighted by Gasteiger charge is 2.29. The molecule has 5 nitrogen and oxygen atoms in total. The Morgan fingerprint density at radius 2 is 1.92 bits per heavy atom. The third-order valence-corrected chi connectivity index (χ3v) is 5.11. The Bertz CT molecular complexity index is 360. The highest BCUT2D eigenvalue weighted by Crippen LogP contribution is 2.24. The van der Waals surface area contributed by atoms with E-state index in [4.69, 9.17) is 9.73 Å². The Morgan fingerprint density at radius 3 is 2.62 bits per heavy atom. The van der Waals surface area contributed by atoms with Gasteiger partial charge >= 0.3 is 0 Å². The number of hydrogen-bond donors (Lipinski definition) is 2. The van der Waals surface area contributed by atoms with Crippen molar-refractivity contribution in [2.45, 2.75) is 70.8 Å². The van der Waals surface area contributed by atoms with Crippen LogP contribution in [-0.2, 0) is 4.74 Å². The van der Waals surface area contributed by atoms with E-state index in [-0.39, 0.29) is 5.60 Å². The number of nitrogens with one attached hydrogen (secondary N) is 2. The standard InChI is InChI=1S/C19H38N4O/c1-3-20-18(22-17-19(2)11-10-16-24-19)21-12-6-4-7-13-23-14-8-5-9-15-23/h3-17H2,1-2H3,(H2,20,21,22). The van der Waals surface area contributed by atoms with Gasteiger partial charge in [0, 0.05) is 19.7 Å². The van der Waals surface area contributed by atoms with Crippen LogP contribution in [0.2, 0.25) is 0 Å². The van der Waals surface area contributed by atoms with E-state index in [0.717, 1.165) is 45.0 Å². The molecular formula is C19H38N4O. The number of unbranched alkanes of at least 4 members (excludes halogenated alkanes) is 2. The molecule has 0 aliphatic carbocycles. The summed E-state index contributed by atoms with van der Waals surface area (Å²) >= 11 is 0. The summed E-state index contributed by atoms with van der Waals surface area (Å²) in [6.07, 6.45) is 10.3. The average Bonchev–Trinajstić information content (AvgIpc) is 3.03. The minimum Gasteiger partial charge on any atom is -0.373 e. The predicted octanol–water partition coefficient (Wildman–Crippen LogP) is 2.77. The van der Waals surface area contributed by atoms with Gasteiger partial charge in [0.15, 0.2) is 5.96 Å². The lowest BCUT2D eigenvalue weighted by atomic mass is 10.0. The second-order valence-electron chi connectivity index (χ2n) is 7.49. The summed E-state index contributed by atoms with van der Waals surface area (Å²) in [7, 11) is 0. The second kappa shape index (κ2) is 10.9. The maximum Gasteiger partial charge on any atom is 0.191 e. The fraction of sp³-hybridized carbons (Fsp3) is 0.947. The first kappa shape index (κ1) is 19.5. The van der Waals surface area contributed by atoms with Gasteiger partial charge in [0.05, 0.1) is 12.1 Å². The average molecular weight is 339 g/mol. The minimum atomic E-state index is -0.0587. The Kier molecular flexibility index (Phi) is 8.89. The summed E-state index contributed by atoms with van der Waals surface area (Å²) in [5, 5.41) is 6.81. The number of likely N-dealkylation sites (tertiary alicyclic amines) is 1. The Balaban J connectivity index is 1.57. The van der Waals surface area contributed by atoms with Crippen molar-refractivity contribution in [3.05, 3.63) is 0 Å². The normalized spacial score (nSPS) is 25.8. The quantitative estimate of drug-likeness (QED) is 0.386. The van der Waals surface area contributed by atoms with Crippen molar-refractivity contribution in [1.29, 1.82) is 0 Å². The van der Waals surface area contributed by atoms with Crippen LogP contribution in [0.1, 0.15) is 65.2 Å². The molecule has 140 valence electrons. The minimum absolute atomic E-state index is 0.0587. The molecule has 2 aliphatic rings. The molecule has 5 heteroatoms.